The molecule has 9 heteroatoms. The Hall–Kier alpha value is -2.48. The predicted octanol–water partition coefficient (Wildman–Crippen LogP) is 1.44. The summed E-state index contributed by atoms with van der Waals surface area (Å²) in [6.07, 6.45) is 1.15. The highest BCUT2D eigenvalue weighted by Crippen LogP contribution is 2.36. The van der Waals surface area contributed by atoms with Gasteiger partial charge in [-0.1, -0.05) is 24.9 Å². The molecule has 0 radical (unpaired) electrons. The number of aliphatic carboxylic acids is 1. The number of carboxylic acid groups (broad SMARTS) is 1. The molecule has 138 valence electrons. The number of carbonyl (C=O) groups excluding carboxylic acids is 2. The van der Waals surface area contributed by atoms with Crippen LogP contribution in [-0.2, 0) is 9.59 Å². The molecule has 0 saturated carbocycles. The van der Waals surface area contributed by atoms with Crippen LogP contribution in [0.15, 0.2) is 12.1 Å². The number of benzene rings is 1. The first-order valence-corrected chi connectivity index (χ1v) is 7.97. The zero-order chi connectivity index (χ0) is 19.0. The fourth-order valence-electron chi connectivity index (χ4n) is 2.11. The average Bonchev–Trinajstić information content (AvgIpc) is 2.55. The van der Waals surface area contributed by atoms with Gasteiger partial charge in [0.25, 0.3) is 11.8 Å². The van der Waals surface area contributed by atoms with Gasteiger partial charge in [0.2, 0.25) is 0 Å². The molecule has 0 aromatic heterocycles. The number of carboxylic acids is 1. The van der Waals surface area contributed by atoms with E-state index in [1.807, 2.05) is 6.92 Å². The molecule has 0 bridgehead atoms. The van der Waals surface area contributed by atoms with Crippen LogP contribution in [0.4, 0.5) is 0 Å². The lowest BCUT2D eigenvalue weighted by Gasteiger charge is -2.15. The Kier molecular flexibility index (Phi) is 8.00. The zero-order valence-corrected chi connectivity index (χ0v) is 14.8. The van der Waals surface area contributed by atoms with Crippen molar-refractivity contribution < 1.29 is 29.0 Å². The van der Waals surface area contributed by atoms with Crippen LogP contribution in [0.3, 0.4) is 0 Å². The molecule has 1 aromatic carbocycles. The number of nitrogens with two attached hydrogens (primary N) is 1. The Morgan fingerprint density at radius 1 is 1.36 bits per heavy atom. The molecule has 1 aromatic rings. The van der Waals surface area contributed by atoms with Gasteiger partial charge in [0.15, 0.2) is 18.1 Å². The van der Waals surface area contributed by atoms with E-state index >= 15 is 0 Å². The summed E-state index contributed by atoms with van der Waals surface area (Å²) >= 11 is 6.07. The van der Waals surface area contributed by atoms with Gasteiger partial charge < -0.3 is 25.6 Å². The third-order valence-corrected chi connectivity index (χ3v) is 3.63. The number of carbonyl (C=O) groups is 3. The molecule has 0 fully saturated rings. The maximum Gasteiger partial charge on any atom is 0.308 e. The van der Waals surface area contributed by atoms with Crippen LogP contribution < -0.4 is 20.5 Å². The lowest BCUT2D eigenvalue weighted by molar-refractivity contribution is -0.141. The standard InChI is InChI=1S/C16H21ClN2O6/c1-3-4-9(16(22)23)7-19-15(21)10-5-11(17)14(12(6-10)24-2)25-8-13(18)20/h5-6,9H,3-4,7-8H2,1-2H3,(H2,18,20)(H,19,21)(H,22,23). The molecule has 25 heavy (non-hydrogen) atoms. The van der Waals surface area contributed by atoms with Crippen molar-refractivity contribution >= 4 is 29.4 Å². The molecule has 8 nitrogen and oxygen atoms in total. The van der Waals surface area contributed by atoms with E-state index in [9.17, 15) is 14.4 Å². The molecule has 0 heterocycles. The van der Waals surface area contributed by atoms with Gasteiger partial charge in [0.05, 0.1) is 18.1 Å². The third-order valence-electron chi connectivity index (χ3n) is 3.35. The van der Waals surface area contributed by atoms with Crippen molar-refractivity contribution in [3.63, 3.8) is 0 Å². The van der Waals surface area contributed by atoms with Gasteiger partial charge in [0.1, 0.15) is 0 Å². The summed E-state index contributed by atoms with van der Waals surface area (Å²) in [5.41, 5.74) is 5.19. The summed E-state index contributed by atoms with van der Waals surface area (Å²) in [4.78, 5) is 34.2. The van der Waals surface area contributed by atoms with Crippen LogP contribution in [-0.4, -0.2) is 43.2 Å². The fourth-order valence-corrected chi connectivity index (χ4v) is 2.38. The van der Waals surface area contributed by atoms with Gasteiger partial charge in [-0.05, 0) is 18.6 Å². The lowest BCUT2D eigenvalue weighted by atomic mass is 10.0. The molecule has 0 saturated heterocycles. The summed E-state index contributed by atoms with van der Waals surface area (Å²) in [5, 5.41) is 11.7. The second kappa shape index (κ2) is 9.73. The van der Waals surface area contributed by atoms with E-state index in [1.165, 1.54) is 19.2 Å². The average molecular weight is 373 g/mol. The second-order valence-electron chi connectivity index (χ2n) is 5.28. The van der Waals surface area contributed by atoms with Crippen molar-refractivity contribution in [2.45, 2.75) is 19.8 Å². The molecule has 0 spiro atoms. The Morgan fingerprint density at radius 2 is 2.04 bits per heavy atom. The number of methoxy groups -OCH3 is 1. The maximum absolute atomic E-state index is 12.2. The SMILES string of the molecule is CCCC(CNC(=O)c1cc(Cl)c(OCC(N)=O)c(OC)c1)C(=O)O. The van der Waals surface area contributed by atoms with E-state index in [2.05, 4.69) is 5.32 Å². The number of halogens is 1. The largest absolute Gasteiger partial charge is 0.493 e. The van der Waals surface area contributed by atoms with Crippen LogP contribution in [0.5, 0.6) is 11.5 Å². The Labute approximate surface area is 150 Å². The molecule has 1 rings (SSSR count). The van der Waals surface area contributed by atoms with Gasteiger partial charge >= 0.3 is 5.97 Å². The van der Waals surface area contributed by atoms with E-state index in [4.69, 9.17) is 31.9 Å². The Bertz CT molecular complexity index is 650. The minimum absolute atomic E-state index is 0.00185. The van der Waals surface area contributed by atoms with E-state index in [1.54, 1.807) is 0 Å². The molecule has 4 N–H and O–H groups in total. The number of hydrogen-bond acceptors (Lipinski definition) is 5. The predicted molar refractivity (Wildman–Crippen MR) is 91.1 cm³/mol. The molecular weight excluding hydrogens is 352 g/mol. The summed E-state index contributed by atoms with van der Waals surface area (Å²) in [7, 11) is 1.35. The van der Waals surface area contributed by atoms with Crippen molar-refractivity contribution in [1.82, 2.24) is 5.32 Å². The number of rotatable bonds is 10. The zero-order valence-electron chi connectivity index (χ0n) is 14.0. The lowest BCUT2D eigenvalue weighted by Crippen LogP contribution is -2.33. The summed E-state index contributed by atoms with van der Waals surface area (Å²) in [5.74, 6) is -2.56. The molecule has 1 unspecified atom stereocenters. The molecule has 0 aliphatic carbocycles. The highest BCUT2D eigenvalue weighted by atomic mass is 35.5. The minimum Gasteiger partial charge on any atom is -0.493 e. The van der Waals surface area contributed by atoms with Gasteiger partial charge in [-0.25, -0.2) is 0 Å². The van der Waals surface area contributed by atoms with Crippen LogP contribution >= 0.6 is 11.6 Å². The second-order valence-corrected chi connectivity index (χ2v) is 5.69. The summed E-state index contributed by atoms with van der Waals surface area (Å²) < 4.78 is 10.3. The maximum atomic E-state index is 12.2. The molecular formula is C16H21ClN2O6. The molecule has 0 aliphatic heterocycles. The van der Waals surface area contributed by atoms with Crippen LogP contribution in [0.2, 0.25) is 5.02 Å². The number of hydrogen-bond donors (Lipinski definition) is 3. The van der Waals surface area contributed by atoms with Crippen molar-refractivity contribution in [3.05, 3.63) is 22.7 Å². The quantitative estimate of drug-likeness (QED) is 0.570. The van der Waals surface area contributed by atoms with Crippen LogP contribution in [0.1, 0.15) is 30.1 Å². The van der Waals surface area contributed by atoms with Gasteiger partial charge in [-0.3, -0.25) is 14.4 Å². The van der Waals surface area contributed by atoms with E-state index in [0.29, 0.717) is 12.8 Å². The topological polar surface area (TPSA) is 128 Å². The van der Waals surface area contributed by atoms with Crippen molar-refractivity contribution in [1.29, 1.82) is 0 Å². The molecule has 1 atom stereocenters. The highest BCUT2D eigenvalue weighted by Gasteiger charge is 2.20. The van der Waals surface area contributed by atoms with Gasteiger partial charge in [0, 0.05) is 12.1 Å². The van der Waals surface area contributed by atoms with Crippen molar-refractivity contribution in [2.75, 3.05) is 20.3 Å². The van der Waals surface area contributed by atoms with Gasteiger partial charge in [-0.2, -0.15) is 0 Å². The van der Waals surface area contributed by atoms with Gasteiger partial charge in [-0.15, -0.1) is 0 Å². The van der Waals surface area contributed by atoms with E-state index < -0.39 is 23.7 Å². The minimum atomic E-state index is -0.965. The first kappa shape index (κ1) is 20.6. The van der Waals surface area contributed by atoms with Crippen LogP contribution in [0, 0.1) is 5.92 Å². The van der Waals surface area contributed by atoms with Crippen molar-refractivity contribution in [3.8, 4) is 11.5 Å². The third kappa shape index (κ3) is 6.15. The van der Waals surface area contributed by atoms with Crippen molar-refractivity contribution in [2.24, 2.45) is 11.7 Å². The summed E-state index contributed by atoms with van der Waals surface area (Å²) in [6.45, 7) is 1.48. The normalized spacial score (nSPS) is 11.5. The summed E-state index contributed by atoms with van der Waals surface area (Å²) in [6, 6.07) is 2.72. The Balaban J connectivity index is 2.90. The smallest absolute Gasteiger partial charge is 0.308 e. The number of primary amides is 1. The number of amides is 2. The molecule has 0 aliphatic rings. The highest BCUT2D eigenvalue weighted by molar-refractivity contribution is 6.32. The molecule has 2 amide bonds. The fraction of sp³-hybridized carbons (Fsp3) is 0.438. The van der Waals surface area contributed by atoms with E-state index in [-0.39, 0.29) is 35.2 Å². The number of ether oxygens (including phenoxy) is 2. The number of nitrogens with one attached hydrogen (secondary N) is 1. The first-order chi connectivity index (χ1) is 11.8. The first-order valence-electron chi connectivity index (χ1n) is 7.59. The Morgan fingerprint density at radius 3 is 2.56 bits per heavy atom. The van der Waals surface area contributed by atoms with Crippen LogP contribution in [0.25, 0.3) is 0 Å². The van der Waals surface area contributed by atoms with E-state index in [0.717, 1.165) is 0 Å². The monoisotopic (exact) mass is 372 g/mol.